The Morgan fingerprint density at radius 1 is 0.615 bits per heavy atom. The molecule has 0 spiro atoms. The normalized spacial score (nSPS) is 24.7. The van der Waals surface area contributed by atoms with Gasteiger partial charge >= 0.3 is 0 Å². The molecule has 0 atom stereocenters. The summed E-state index contributed by atoms with van der Waals surface area (Å²) >= 11 is 0. The lowest BCUT2D eigenvalue weighted by Crippen LogP contribution is -2.44. The summed E-state index contributed by atoms with van der Waals surface area (Å²) in [7, 11) is 1.72. The van der Waals surface area contributed by atoms with Gasteiger partial charge in [0.05, 0.1) is 13.1 Å². The van der Waals surface area contributed by atoms with Crippen LogP contribution in [0.5, 0.6) is 0 Å². The molecule has 0 radical (unpaired) electrons. The summed E-state index contributed by atoms with van der Waals surface area (Å²) in [6.07, 6.45) is 12.6. The number of nitrogens with one attached hydrogen (secondary N) is 2. The zero-order chi connectivity index (χ0) is 27.5. The van der Waals surface area contributed by atoms with Crippen molar-refractivity contribution in [2.45, 2.75) is 71.1 Å². The Morgan fingerprint density at radius 2 is 1.10 bits per heavy atom. The van der Waals surface area contributed by atoms with E-state index in [2.05, 4.69) is 37.2 Å². The molecule has 0 saturated carbocycles. The van der Waals surface area contributed by atoms with Crippen LogP contribution in [0.4, 0.5) is 0 Å². The fourth-order valence-electron chi connectivity index (χ4n) is 7.19. The van der Waals surface area contributed by atoms with Crippen molar-refractivity contribution in [1.29, 1.82) is 0 Å². The minimum absolute atomic E-state index is 0.125. The fraction of sp³-hybridized carbons (Fsp3) is 0.935. The molecule has 4 aliphatic rings. The van der Waals surface area contributed by atoms with Crippen LogP contribution in [0.25, 0.3) is 0 Å². The van der Waals surface area contributed by atoms with Crippen molar-refractivity contribution in [3.8, 4) is 0 Å². The number of amides is 2. The van der Waals surface area contributed by atoms with Crippen molar-refractivity contribution in [3.05, 3.63) is 0 Å². The fourth-order valence-corrected chi connectivity index (χ4v) is 7.19. The lowest BCUT2D eigenvalue weighted by Gasteiger charge is -2.37. The quantitative estimate of drug-likeness (QED) is 0.392. The first-order valence-corrected chi connectivity index (χ1v) is 16.3. The van der Waals surface area contributed by atoms with Gasteiger partial charge in [-0.2, -0.15) is 0 Å². The molecule has 4 fully saturated rings. The van der Waals surface area contributed by atoms with Gasteiger partial charge in [-0.05, 0) is 147 Å². The second-order valence-electron chi connectivity index (χ2n) is 13.3. The third kappa shape index (κ3) is 10.9. The van der Waals surface area contributed by atoms with Gasteiger partial charge in [-0.1, -0.05) is 6.92 Å². The van der Waals surface area contributed by atoms with E-state index in [0.29, 0.717) is 13.1 Å². The van der Waals surface area contributed by atoms with E-state index in [4.69, 9.17) is 0 Å². The van der Waals surface area contributed by atoms with Gasteiger partial charge in [0, 0.05) is 20.1 Å². The Bertz CT molecular complexity index is 719. The van der Waals surface area contributed by atoms with E-state index < -0.39 is 0 Å². The van der Waals surface area contributed by atoms with Crippen LogP contribution < -0.4 is 10.6 Å². The summed E-state index contributed by atoms with van der Waals surface area (Å²) < 4.78 is 0. The Morgan fingerprint density at radius 3 is 1.69 bits per heavy atom. The average molecular weight is 547 g/mol. The summed E-state index contributed by atoms with van der Waals surface area (Å²) in [5.41, 5.74) is 0. The first-order valence-electron chi connectivity index (χ1n) is 16.3. The van der Waals surface area contributed by atoms with Gasteiger partial charge in [-0.25, -0.2) is 0 Å². The Hall–Kier alpha value is -1.22. The maximum atomic E-state index is 12.6. The first kappa shape index (κ1) is 30.7. The number of rotatable bonds is 12. The highest BCUT2D eigenvalue weighted by Gasteiger charge is 2.26. The molecule has 2 amide bonds. The van der Waals surface area contributed by atoms with Gasteiger partial charge in [-0.3, -0.25) is 19.4 Å². The smallest absolute Gasteiger partial charge is 0.234 e. The van der Waals surface area contributed by atoms with Crippen LogP contribution in [0, 0.1) is 23.7 Å². The Kier molecular flexibility index (Phi) is 12.8. The maximum absolute atomic E-state index is 12.6. The van der Waals surface area contributed by atoms with E-state index in [0.717, 1.165) is 62.8 Å². The molecular weight excluding hydrogens is 488 g/mol. The Labute approximate surface area is 238 Å². The highest BCUT2D eigenvalue weighted by Crippen LogP contribution is 2.25. The molecule has 0 aromatic rings. The van der Waals surface area contributed by atoms with Gasteiger partial charge in [0.1, 0.15) is 0 Å². The molecule has 224 valence electrons. The van der Waals surface area contributed by atoms with Crippen molar-refractivity contribution >= 4 is 11.8 Å². The zero-order valence-electron chi connectivity index (χ0n) is 25.2. The minimum atomic E-state index is 0.125. The number of hydrogen-bond acceptors (Lipinski definition) is 6. The van der Waals surface area contributed by atoms with E-state index in [9.17, 15) is 9.59 Å². The number of carbonyl (C=O) groups is 2. The molecule has 4 saturated heterocycles. The van der Waals surface area contributed by atoms with Gasteiger partial charge in [0.15, 0.2) is 0 Å². The van der Waals surface area contributed by atoms with Gasteiger partial charge in [0.2, 0.25) is 11.8 Å². The van der Waals surface area contributed by atoms with Crippen LogP contribution in [-0.4, -0.2) is 124 Å². The second-order valence-corrected chi connectivity index (χ2v) is 13.3. The van der Waals surface area contributed by atoms with E-state index in [1.807, 2.05) is 0 Å². The maximum Gasteiger partial charge on any atom is 0.234 e. The van der Waals surface area contributed by atoms with E-state index in [1.54, 1.807) is 7.05 Å². The monoisotopic (exact) mass is 546 g/mol. The van der Waals surface area contributed by atoms with Crippen LogP contribution in [0.15, 0.2) is 0 Å². The molecule has 39 heavy (non-hydrogen) atoms. The van der Waals surface area contributed by atoms with Crippen LogP contribution in [-0.2, 0) is 9.59 Å². The second kappa shape index (κ2) is 16.3. The first-order chi connectivity index (χ1) is 19.0. The number of likely N-dealkylation sites (N-methyl/N-ethyl adjacent to an activating group) is 1. The number of likely N-dealkylation sites (tertiary alicyclic amines) is 4. The van der Waals surface area contributed by atoms with Crippen molar-refractivity contribution in [2.75, 3.05) is 92.1 Å². The van der Waals surface area contributed by atoms with Crippen molar-refractivity contribution in [3.63, 3.8) is 0 Å². The van der Waals surface area contributed by atoms with Crippen LogP contribution in [0.1, 0.15) is 71.1 Å². The summed E-state index contributed by atoms with van der Waals surface area (Å²) in [5.74, 6) is 3.62. The molecule has 4 rings (SSSR count). The van der Waals surface area contributed by atoms with Crippen molar-refractivity contribution in [2.24, 2.45) is 23.7 Å². The standard InChI is InChI=1S/C31H58N6O2/c1-26-4-14-34(15-5-26)16-6-28-9-19-37(20-10-28)25-31(39)33-13-3-27-7-17-35(18-8-27)23-29-11-21-36(22-12-29)24-30(38)32-2/h26-29H,3-25H2,1-2H3,(H,32,38)(H,33,39). The summed E-state index contributed by atoms with van der Waals surface area (Å²) in [4.78, 5) is 34.2. The molecule has 8 heteroatoms. The van der Waals surface area contributed by atoms with E-state index in [-0.39, 0.29) is 11.8 Å². The predicted molar refractivity (Wildman–Crippen MR) is 159 cm³/mol. The van der Waals surface area contributed by atoms with Gasteiger partial charge in [-0.15, -0.1) is 0 Å². The summed E-state index contributed by atoms with van der Waals surface area (Å²) in [5, 5.41) is 5.96. The topological polar surface area (TPSA) is 71.2 Å². The third-order valence-electron chi connectivity index (χ3n) is 10.3. The molecule has 0 aromatic heterocycles. The highest BCUT2D eigenvalue weighted by molar-refractivity contribution is 5.78. The van der Waals surface area contributed by atoms with E-state index >= 15 is 0 Å². The minimum Gasteiger partial charge on any atom is -0.358 e. The molecule has 4 aliphatic heterocycles. The zero-order valence-corrected chi connectivity index (χ0v) is 25.2. The number of piperidine rings is 4. The lowest BCUT2D eigenvalue weighted by atomic mass is 9.91. The van der Waals surface area contributed by atoms with Crippen LogP contribution in [0.3, 0.4) is 0 Å². The van der Waals surface area contributed by atoms with Crippen LogP contribution in [0.2, 0.25) is 0 Å². The summed E-state index contributed by atoms with van der Waals surface area (Å²) in [6.45, 7) is 16.1. The molecule has 0 aliphatic carbocycles. The Balaban J connectivity index is 0.990. The predicted octanol–water partition coefficient (Wildman–Crippen LogP) is 2.50. The average Bonchev–Trinajstić information content (AvgIpc) is 2.95. The number of carbonyl (C=O) groups excluding carboxylic acids is 2. The van der Waals surface area contributed by atoms with E-state index in [1.165, 1.54) is 97.1 Å². The summed E-state index contributed by atoms with van der Waals surface area (Å²) in [6, 6.07) is 0. The molecule has 0 unspecified atom stereocenters. The molecule has 0 bridgehead atoms. The molecule has 4 heterocycles. The molecule has 2 N–H and O–H groups in total. The molecule has 8 nitrogen and oxygen atoms in total. The molecular formula is C31H58N6O2. The number of hydrogen-bond donors (Lipinski definition) is 2. The van der Waals surface area contributed by atoms with Crippen molar-refractivity contribution in [1.82, 2.24) is 30.2 Å². The third-order valence-corrected chi connectivity index (χ3v) is 10.3. The van der Waals surface area contributed by atoms with Crippen LogP contribution >= 0.6 is 0 Å². The molecule has 0 aromatic carbocycles. The highest BCUT2D eigenvalue weighted by atomic mass is 16.2. The lowest BCUT2D eigenvalue weighted by molar-refractivity contribution is -0.123. The number of nitrogens with zero attached hydrogens (tertiary/aromatic N) is 4. The SMILES string of the molecule is CNC(=O)CN1CCC(CN2CCC(CCNC(=O)CN3CCC(CCN4CCC(C)CC4)CC3)CC2)CC1. The van der Waals surface area contributed by atoms with Crippen molar-refractivity contribution < 1.29 is 9.59 Å². The van der Waals surface area contributed by atoms with Gasteiger partial charge < -0.3 is 20.4 Å². The largest absolute Gasteiger partial charge is 0.358 e. The van der Waals surface area contributed by atoms with Gasteiger partial charge in [0.25, 0.3) is 0 Å².